The van der Waals surface area contributed by atoms with Crippen LogP contribution in [0.4, 0.5) is 10.8 Å². The molecule has 0 radical (unpaired) electrons. The first kappa shape index (κ1) is 15.6. The number of benzene rings is 2. The summed E-state index contributed by atoms with van der Waals surface area (Å²) in [6, 6.07) is 15.5. The van der Waals surface area contributed by atoms with Crippen LogP contribution in [0.3, 0.4) is 0 Å². The third-order valence-corrected chi connectivity index (χ3v) is 4.82. The number of carbonyl (C=O) groups excluding carboxylic acids is 1. The van der Waals surface area contributed by atoms with Gasteiger partial charge in [0.05, 0.1) is 16.3 Å². The van der Waals surface area contributed by atoms with Gasteiger partial charge in [-0.1, -0.05) is 23.5 Å². The summed E-state index contributed by atoms with van der Waals surface area (Å²) in [4.78, 5) is 18.8. The van der Waals surface area contributed by atoms with E-state index in [-0.39, 0.29) is 11.8 Å². The molecule has 3 aromatic rings. The predicted molar refractivity (Wildman–Crippen MR) is 96.8 cm³/mol. The van der Waals surface area contributed by atoms with Gasteiger partial charge in [0.15, 0.2) is 10.9 Å². The van der Waals surface area contributed by atoms with Gasteiger partial charge in [-0.2, -0.15) is 0 Å². The Morgan fingerprint density at radius 2 is 1.83 bits per heavy atom. The van der Waals surface area contributed by atoms with Gasteiger partial charge in [0.2, 0.25) is 0 Å². The number of aromatic nitrogens is 1. The lowest BCUT2D eigenvalue weighted by Gasteiger charge is -2.18. The smallest absolute Gasteiger partial charge is 0.188 e. The lowest BCUT2D eigenvalue weighted by atomic mass is 10.0. The van der Waals surface area contributed by atoms with Crippen molar-refractivity contribution in [1.29, 1.82) is 0 Å². The van der Waals surface area contributed by atoms with E-state index in [1.54, 1.807) is 11.3 Å². The van der Waals surface area contributed by atoms with Crippen molar-refractivity contribution in [3.8, 4) is 0 Å². The van der Waals surface area contributed by atoms with Crippen molar-refractivity contribution >= 4 is 38.2 Å². The van der Waals surface area contributed by atoms with Gasteiger partial charge in [0.25, 0.3) is 0 Å². The van der Waals surface area contributed by atoms with Crippen LogP contribution in [0.25, 0.3) is 10.2 Å². The van der Waals surface area contributed by atoms with Crippen LogP contribution in [0.2, 0.25) is 0 Å². The van der Waals surface area contributed by atoms with E-state index >= 15 is 0 Å². The highest BCUT2D eigenvalue weighted by atomic mass is 32.1. The first-order chi connectivity index (χ1) is 11.0. The zero-order chi connectivity index (χ0) is 16.4. The largest absolute Gasteiger partial charge is 0.332 e. The Hall–Kier alpha value is -2.24. The lowest BCUT2D eigenvalue weighted by molar-refractivity contribution is 0.0891. The molecule has 0 saturated carbocycles. The van der Waals surface area contributed by atoms with Crippen LogP contribution in [-0.2, 0) is 0 Å². The topological polar surface area (TPSA) is 45.2 Å². The predicted octanol–water partition coefficient (Wildman–Crippen LogP) is 4.17. The molecule has 1 heterocycles. The van der Waals surface area contributed by atoms with E-state index in [1.807, 2.05) is 68.4 Å². The number of hydrogen-bond acceptors (Lipinski definition) is 5. The molecule has 2 aromatic carbocycles. The first-order valence-corrected chi connectivity index (χ1v) is 8.29. The Balaban J connectivity index is 1.76. The average Bonchev–Trinajstić information content (AvgIpc) is 2.96. The minimum Gasteiger partial charge on any atom is -0.332 e. The normalized spacial score (nSPS) is 12.5. The van der Waals surface area contributed by atoms with Crippen LogP contribution >= 0.6 is 11.3 Å². The van der Waals surface area contributed by atoms with Crippen LogP contribution in [0.5, 0.6) is 0 Å². The standard InChI is InChI=1S/C18H19N3OS/c1-12(21(2)3)17(22)13-8-10-14(11-9-13)19-18-20-15-6-4-5-7-16(15)23-18/h4-12H,1-3H3,(H,19,20). The van der Waals surface area contributed by atoms with Crippen LogP contribution in [0, 0.1) is 0 Å². The van der Waals surface area contributed by atoms with E-state index in [0.717, 1.165) is 26.6 Å². The van der Waals surface area contributed by atoms with Crippen LogP contribution in [-0.4, -0.2) is 35.8 Å². The highest BCUT2D eigenvalue weighted by Crippen LogP contribution is 2.28. The molecular formula is C18H19N3OS. The fourth-order valence-electron chi connectivity index (χ4n) is 2.24. The zero-order valence-corrected chi connectivity index (χ0v) is 14.2. The quantitative estimate of drug-likeness (QED) is 0.715. The Kier molecular flexibility index (Phi) is 4.41. The maximum Gasteiger partial charge on any atom is 0.188 e. The number of nitrogens with one attached hydrogen (secondary N) is 1. The highest BCUT2D eigenvalue weighted by molar-refractivity contribution is 7.22. The van der Waals surface area contributed by atoms with Gasteiger partial charge in [0, 0.05) is 11.3 Å². The third-order valence-electron chi connectivity index (χ3n) is 3.87. The van der Waals surface area contributed by atoms with Crippen molar-refractivity contribution < 1.29 is 4.79 Å². The van der Waals surface area contributed by atoms with E-state index in [9.17, 15) is 4.79 Å². The number of thiazole rings is 1. The molecule has 0 aliphatic carbocycles. The van der Waals surface area contributed by atoms with E-state index in [2.05, 4.69) is 16.4 Å². The molecule has 4 nitrogen and oxygen atoms in total. The summed E-state index contributed by atoms with van der Waals surface area (Å²) in [5, 5.41) is 4.15. The molecule has 0 saturated heterocycles. The van der Waals surface area contributed by atoms with E-state index < -0.39 is 0 Å². The van der Waals surface area contributed by atoms with Gasteiger partial charge in [-0.05, 0) is 57.4 Å². The molecule has 23 heavy (non-hydrogen) atoms. The third kappa shape index (κ3) is 3.41. The number of Topliss-reactive ketones (excluding diaryl/α,β-unsaturated/α-hetero) is 1. The summed E-state index contributed by atoms with van der Waals surface area (Å²) in [6.07, 6.45) is 0. The molecule has 0 aliphatic heterocycles. The molecule has 0 spiro atoms. The molecule has 118 valence electrons. The molecule has 0 amide bonds. The highest BCUT2D eigenvalue weighted by Gasteiger charge is 2.16. The van der Waals surface area contributed by atoms with Crippen molar-refractivity contribution in [3.63, 3.8) is 0 Å². The van der Waals surface area contributed by atoms with Crippen molar-refractivity contribution in [2.24, 2.45) is 0 Å². The van der Waals surface area contributed by atoms with E-state index in [1.165, 1.54) is 0 Å². The summed E-state index contributed by atoms with van der Waals surface area (Å²) in [7, 11) is 3.82. The summed E-state index contributed by atoms with van der Waals surface area (Å²) in [5.74, 6) is 0.126. The molecule has 1 N–H and O–H groups in total. The average molecular weight is 325 g/mol. The summed E-state index contributed by atoms with van der Waals surface area (Å²) in [5.41, 5.74) is 2.64. The minimum absolute atomic E-state index is 0.126. The summed E-state index contributed by atoms with van der Waals surface area (Å²) < 4.78 is 1.15. The van der Waals surface area contributed by atoms with Crippen molar-refractivity contribution in [3.05, 3.63) is 54.1 Å². The van der Waals surface area contributed by atoms with Crippen molar-refractivity contribution in [2.45, 2.75) is 13.0 Å². The van der Waals surface area contributed by atoms with E-state index in [0.29, 0.717) is 0 Å². The van der Waals surface area contributed by atoms with Gasteiger partial charge in [-0.25, -0.2) is 4.98 Å². The molecule has 0 aliphatic rings. The molecule has 0 bridgehead atoms. The molecule has 5 heteroatoms. The number of carbonyl (C=O) groups is 1. The molecule has 3 rings (SSSR count). The van der Waals surface area contributed by atoms with Gasteiger partial charge in [0.1, 0.15) is 0 Å². The number of nitrogens with zero attached hydrogens (tertiary/aromatic N) is 2. The van der Waals surface area contributed by atoms with Gasteiger partial charge in [-0.15, -0.1) is 0 Å². The Bertz CT molecular complexity index is 791. The van der Waals surface area contributed by atoms with E-state index in [4.69, 9.17) is 0 Å². The number of para-hydroxylation sites is 1. The second-order valence-electron chi connectivity index (χ2n) is 5.69. The molecular weight excluding hydrogens is 306 g/mol. The van der Waals surface area contributed by atoms with Crippen molar-refractivity contribution in [1.82, 2.24) is 9.88 Å². The monoisotopic (exact) mass is 325 g/mol. The molecule has 1 atom stereocenters. The SMILES string of the molecule is CC(C(=O)c1ccc(Nc2nc3ccccc3s2)cc1)N(C)C. The minimum atomic E-state index is -0.127. The molecule has 0 fully saturated rings. The Labute approximate surface area is 139 Å². The zero-order valence-electron chi connectivity index (χ0n) is 13.4. The fourth-order valence-corrected chi connectivity index (χ4v) is 3.13. The van der Waals surface area contributed by atoms with Crippen molar-refractivity contribution in [2.75, 3.05) is 19.4 Å². The summed E-state index contributed by atoms with van der Waals surface area (Å²) >= 11 is 1.62. The summed E-state index contributed by atoms with van der Waals surface area (Å²) in [6.45, 7) is 1.91. The van der Waals surface area contributed by atoms with Crippen LogP contribution < -0.4 is 5.32 Å². The maximum atomic E-state index is 12.3. The Morgan fingerprint density at radius 1 is 1.13 bits per heavy atom. The van der Waals surface area contributed by atoms with Crippen LogP contribution in [0.1, 0.15) is 17.3 Å². The molecule has 1 unspecified atom stereocenters. The number of anilines is 2. The number of rotatable bonds is 5. The number of fused-ring (bicyclic) bond motifs is 1. The number of ketones is 1. The number of likely N-dealkylation sites (N-methyl/N-ethyl adjacent to an activating group) is 1. The van der Waals surface area contributed by atoms with Gasteiger partial charge in [-0.3, -0.25) is 9.69 Å². The second kappa shape index (κ2) is 6.48. The van der Waals surface area contributed by atoms with Gasteiger partial charge < -0.3 is 5.32 Å². The lowest BCUT2D eigenvalue weighted by Crippen LogP contribution is -2.32. The Morgan fingerprint density at radius 3 is 2.48 bits per heavy atom. The maximum absolute atomic E-state index is 12.3. The first-order valence-electron chi connectivity index (χ1n) is 7.48. The van der Waals surface area contributed by atoms with Gasteiger partial charge >= 0.3 is 0 Å². The number of hydrogen-bond donors (Lipinski definition) is 1. The van der Waals surface area contributed by atoms with Crippen LogP contribution in [0.15, 0.2) is 48.5 Å². The second-order valence-corrected chi connectivity index (χ2v) is 6.72. The molecule has 1 aromatic heterocycles. The fraction of sp³-hybridized carbons (Fsp3) is 0.222.